The number of sulfonamides is 1. The van der Waals surface area contributed by atoms with Crippen molar-refractivity contribution in [2.45, 2.75) is 49.5 Å². The number of methoxy groups -OCH3 is 1. The van der Waals surface area contributed by atoms with Gasteiger partial charge in [-0.2, -0.15) is 0 Å². The standard InChI is InChI=1S/C20H31N3O4S/c1-21-20(24)14-8-9-15(13-23(2)12-14)22-28(25,26)19-11-10-18(27-3)16-6-4-5-7-17(16)19/h10-11,14-15,22H,4-9,12-13H2,1-3H3,(H,21,24)/t14-,15+/m1/s1. The van der Waals surface area contributed by atoms with Crippen LogP contribution in [0.25, 0.3) is 0 Å². The van der Waals surface area contributed by atoms with Gasteiger partial charge in [0.2, 0.25) is 15.9 Å². The minimum atomic E-state index is -3.64. The highest BCUT2D eigenvalue weighted by Crippen LogP contribution is 2.34. The van der Waals surface area contributed by atoms with Crippen LogP contribution in [0.4, 0.5) is 0 Å². The molecule has 2 N–H and O–H groups in total. The number of ether oxygens (including phenoxy) is 1. The molecule has 8 heteroatoms. The Labute approximate surface area is 167 Å². The molecule has 1 saturated heterocycles. The molecule has 28 heavy (non-hydrogen) atoms. The Morgan fingerprint density at radius 3 is 2.54 bits per heavy atom. The van der Waals surface area contributed by atoms with Gasteiger partial charge in [0.25, 0.3) is 0 Å². The fourth-order valence-corrected chi connectivity index (χ4v) is 6.01. The summed E-state index contributed by atoms with van der Waals surface area (Å²) in [5.74, 6) is 0.675. The van der Waals surface area contributed by atoms with Gasteiger partial charge in [-0.1, -0.05) is 0 Å². The van der Waals surface area contributed by atoms with Crippen molar-refractivity contribution in [3.05, 3.63) is 23.3 Å². The third-order valence-corrected chi connectivity index (χ3v) is 7.43. The zero-order chi connectivity index (χ0) is 20.3. The van der Waals surface area contributed by atoms with Crippen LogP contribution >= 0.6 is 0 Å². The summed E-state index contributed by atoms with van der Waals surface area (Å²) >= 11 is 0. The number of rotatable bonds is 5. The number of hydrogen-bond acceptors (Lipinski definition) is 5. The summed E-state index contributed by atoms with van der Waals surface area (Å²) in [6, 6.07) is 3.21. The van der Waals surface area contributed by atoms with E-state index >= 15 is 0 Å². The molecule has 3 rings (SSSR count). The maximum Gasteiger partial charge on any atom is 0.241 e. The summed E-state index contributed by atoms with van der Waals surface area (Å²) in [4.78, 5) is 14.4. The molecule has 156 valence electrons. The molecule has 1 aromatic carbocycles. The molecule has 0 spiro atoms. The van der Waals surface area contributed by atoms with E-state index in [1.54, 1.807) is 26.3 Å². The van der Waals surface area contributed by atoms with Gasteiger partial charge in [0.15, 0.2) is 0 Å². The quantitative estimate of drug-likeness (QED) is 0.766. The van der Waals surface area contributed by atoms with Crippen LogP contribution in [0.3, 0.4) is 0 Å². The van der Waals surface area contributed by atoms with Gasteiger partial charge < -0.3 is 15.0 Å². The van der Waals surface area contributed by atoms with Gasteiger partial charge in [-0.05, 0) is 68.8 Å². The molecule has 0 saturated carbocycles. The van der Waals surface area contributed by atoms with Gasteiger partial charge in [0.05, 0.1) is 17.9 Å². The van der Waals surface area contributed by atoms with E-state index in [-0.39, 0.29) is 17.9 Å². The first-order chi connectivity index (χ1) is 13.4. The Bertz CT molecular complexity index is 825. The molecule has 0 radical (unpaired) electrons. The molecule has 2 aliphatic rings. The molecule has 1 fully saturated rings. The smallest absolute Gasteiger partial charge is 0.241 e. The zero-order valence-electron chi connectivity index (χ0n) is 17.0. The Balaban J connectivity index is 1.81. The third-order valence-electron chi connectivity index (χ3n) is 5.82. The van der Waals surface area contributed by atoms with Gasteiger partial charge in [0, 0.05) is 26.2 Å². The summed E-state index contributed by atoms with van der Waals surface area (Å²) < 4.78 is 34.8. The number of amides is 1. The van der Waals surface area contributed by atoms with Crippen LogP contribution in [0.15, 0.2) is 17.0 Å². The number of nitrogens with one attached hydrogen (secondary N) is 2. The van der Waals surface area contributed by atoms with E-state index in [0.29, 0.717) is 30.8 Å². The lowest BCUT2D eigenvalue weighted by molar-refractivity contribution is -0.125. The van der Waals surface area contributed by atoms with Gasteiger partial charge in [-0.25, -0.2) is 13.1 Å². The van der Waals surface area contributed by atoms with Crippen molar-refractivity contribution in [1.29, 1.82) is 0 Å². The second kappa shape index (κ2) is 8.80. The number of likely N-dealkylation sites (tertiary alicyclic amines) is 1. The van der Waals surface area contributed by atoms with Crippen LogP contribution in [-0.2, 0) is 27.7 Å². The molecule has 0 unspecified atom stereocenters. The predicted molar refractivity (Wildman–Crippen MR) is 108 cm³/mol. The Hall–Kier alpha value is -1.64. The highest BCUT2D eigenvalue weighted by molar-refractivity contribution is 7.89. The van der Waals surface area contributed by atoms with Crippen LogP contribution in [0.2, 0.25) is 0 Å². The molecule has 1 amide bonds. The summed E-state index contributed by atoms with van der Waals surface area (Å²) in [7, 11) is 1.55. The van der Waals surface area contributed by atoms with E-state index in [4.69, 9.17) is 4.74 Å². The number of carbonyl (C=O) groups is 1. The molecule has 1 aromatic rings. The summed E-state index contributed by atoms with van der Waals surface area (Å²) in [6.07, 6.45) is 4.95. The second-order valence-electron chi connectivity index (χ2n) is 7.86. The van der Waals surface area contributed by atoms with E-state index in [1.165, 1.54) is 0 Å². The minimum absolute atomic E-state index is 0.0135. The fourth-order valence-electron chi connectivity index (χ4n) is 4.45. The highest BCUT2D eigenvalue weighted by Gasteiger charge is 2.31. The third kappa shape index (κ3) is 4.50. The van der Waals surface area contributed by atoms with Gasteiger partial charge >= 0.3 is 0 Å². The van der Waals surface area contributed by atoms with Crippen molar-refractivity contribution in [1.82, 2.24) is 14.9 Å². The van der Waals surface area contributed by atoms with Gasteiger partial charge in [0.1, 0.15) is 5.75 Å². The number of hydrogen-bond donors (Lipinski definition) is 2. The molecule has 0 aromatic heterocycles. The first-order valence-electron chi connectivity index (χ1n) is 9.97. The summed E-state index contributed by atoms with van der Waals surface area (Å²) in [5, 5.41) is 2.70. The van der Waals surface area contributed by atoms with Crippen molar-refractivity contribution in [2.75, 3.05) is 34.3 Å². The van der Waals surface area contributed by atoms with Crippen molar-refractivity contribution in [3.63, 3.8) is 0 Å². The molecule has 1 aliphatic carbocycles. The molecular weight excluding hydrogens is 378 g/mol. The van der Waals surface area contributed by atoms with Crippen LogP contribution < -0.4 is 14.8 Å². The van der Waals surface area contributed by atoms with Crippen molar-refractivity contribution >= 4 is 15.9 Å². The maximum absolute atomic E-state index is 13.2. The molecule has 2 atom stereocenters. The largest absolute Gasteiger partial charge is 0.496 e. The number of fused-ring (bicyclic) bond motifs is 1. The normalized spacial score (nSPS) is 23.5. The fraction of sp³-hybridized carbons (Fsp3) is 0.650. The topological polar surface area (TPSA) is 87.7 Å². The molecule has 1 heterocycles. The first-order valence-corrected chi connectivity index (χ1v) is 11.4. The van der Waals surface area contributed by atoms with Gasteiger partial charge in [-0.3, -0.25) is 4.79 Å². The van der Waals surface area contributed by atoms with Crippen LogP contribution in [-0.4, -0.2) is 59.6 Å². The van der Waals surface area contributed by atoms with Crippen molar-refractivity contribution in [2.24, 2.45) is 5.92 Å². The first kappa shape index (κ1) is 21.1. The number of nitrogens with zero attached hydrogens (tertiary/aromatic N) is 1. The lowest BCUT2D eigenvalue weighted by Crippen LogP contribution is -2.42. The van der Waals surface area contributed by atoms with Crippen LogP contribution in [0, 0.1) is 5.92 Å². The Morgan fingerprint density at radius 2 is 1.86 bits per heavy atom. The predicted octanol–water partition coefficient (Wildman–Crippen LogP) is 1.31. The number of carbonyl (C=O) groups excluding carboxylic acids is 1. The average molecular weight is 410 g/mol. The Kier molecular flexibility index (Phi) is 6.62. The minimum Gasteiger partial charge on any atom is -0.496 e. The van der Waals surface area contributed by atoms with E-state index in [9.17, 15) is 13.2 Å². The summed E-state index contributed by atoms with van der Waals surface area (Å²) in [6.45, 7) is 1.22. The van der Waals surface area contributed by atoms with E-state index in [0.717, 1.165) is 42.6 Å². The highest BCUT2D eigenvalue weighted by atomic mass is 32.2. The van der Waals surface area contributed by atoms with Crippen molar-refractivity contribution in [3.8, 4) is 5.75 Å². The second-order valence-corrected chi connectivity index (χ2v) is 9.54. The van der Waals surface area contributed by atoms with Crippen LogP contribution in [0.1, 0.15) is 36.8 Å². The molecule has 0 bridgehead atoms. The van der Waals surface area contributed by atoms with Gasteiger partial charge in [-0.15, -0.1) is 0 Å². The summed E-state index contributed by atoms with van der Waals surface area (Å²) in [5.41, 5.74) is 1.91. The van der Waals surface area contributed by atoms with Crippen molar-refractivity contribution < 1.29 is 17.9 Å². The van der Waals surface area contributed by atoms with E-state index in [2.05, 4.69) is 10.0 Å². The average Bonchev–Trinajstić information content (AvgIpc) is 2.86. The maximum atomic E-state index is 13.2. The van der Waals surface area contributed by atoms with E-state index < -0.39 is 10.0 Å². The monoisotopic (exact) mass is 409 g/mol. The van der Waals surface area contributed by atoms with E-state index in [1.807, 2.05) is 11.9 Å². The SMILES string of the molecule is CNC(=O)[C@@H]1CC[C@H](NS(=O)(=O)c2ccc(OC)c3c2CCCC3)CN(C)C1. The zero-order valence-corrected chi connectivity index (χ0v) is 17.8. The molecule has 1 aliphatic heterocycles. The lowest BCUT2D eigenvalue weighted by Gasteiger charge is -2.25. The number of likely N-dealkylation sites (N-methyl/N-ethyl adjacent to an activating group) is 1. The Morgan fingerprint density at radius 1 is 1.14 bits per heavy atom. The molecule has 7 nitrogen and oxygen atoms in total. The van der Waals surface area contributed by atoms with Crippen LogP contribution in [0.5, 0.6) is 5.75 Å². The lowest BCUT2D eigenvalue weighted by atomic mass is 9.91. The molecular formula is C20H31N3O4S. The number of benzene rings is 1.